The first kappa shape index (κ1) is 6.78. The summed E-state index contributed by atoms with van der Waals surface area (Å²) in [6, 6.07) is 0. The molecule has 0 aromatic carbocycles. The third-order valence-corrected chi connectivity index (χ3v) is 1.43. The summed E-state index contributed by atoms with van der Waals surface area (Å²) >= 11 is 0. The molecule has 1 heterocycles. The van der Waals surface area contributed by atoms with Gasteiger partial charge in [-0.1, -0.05) is 6.08 Å². The van der Waals surface area contributed by atoms with E-state index < -0.39 is 0 Å². The zero-order valence-electron chi connectivity index (χ0n) is 5.60. The van der Waals surface area contributed by atoms with Crippen LogP contribution >= 0.6 is 0 Å². The molecule has 0 bridgehead atoms. The van der Waals surface area contributed by atoms with Gasteiger partial charge in [-0.15, -0.1) is 6.58 Å². The highest BCUT2D eigenvalue weighted by Gasteiger charge is 2.11. The maximum absolute atomic E-state index is 5.30. The summed E-state index contributed by atoms with van der Waals surface area (Å²) in [5.74, 6) is 0. The van der Waals surface area contributed by atoms with Gasteiger partial charge in [0.15, 0.2) is 0 Å². The van der Waals surface area contributed by atoms with Crippen molar-refractivity contribution in [3.63, 3.8) is 0 Å². The van der Waals surface area contributed by atoms with E-state index in [-0.39, 0.29) is 0 Å². The predicted molar refractivity (Wildman–Crippen MR) is 37.2 cm³/mol. The highest BCUT2D eigenvalue weighted by molar-refractivity contribution is 4.71. The minimum absolute atomic E-state index is 0.294. The summed E-state index contributed by atoms with van der Waals surface area (Å²) in [4.78, 5) is 0. The molecule has 0 aliphatic carbocycles. The van der Waals surface area contributed by atoms with Gasteiger partial charge in [0.05, 0.1) is 6.61 Å². The van der Waals surface area contributed by atoms with Crippen LogP contribution < -0.4 is 5.32 Å². The van der Waals surface area contributed by atoms with Crippen LogP contribution in [0.3, 0.4) is 0 Å². The number of nitrogens with one attached hydrogen (secondary N) is 1. The van der Waals surface area contributed by atoms with Crippen molar-refractivity contribution >= 4 is 0 Å². The van der Waals surface area contributed by atoms with Gasteiger partial charge >= 0.3 is 0 Å². The molecule has 0 saturated carbocycles. The minimum atomic E-state index is 0.294. The summed E-state index contributed by atoms with van der Waals surface area (Å²) in [6.45, 7) is 5.50. The monoisotopic (exact) mass is 127 g/mol. The van der Waals surface area contributed by atoms with Crippen LogP contribution in [-0.2, 0) is 4.74 Å². The van der Waals surface area contributed by atoms with Crippen molar-refractivity contribution in [1.29, 1.82) is 0 Å². The van der Waals surface area contributed by atoms with E-state index in [2.05, 4.69) is 11.9 Å². The maximum atomic E-state index is 5.30. The molecule has 0 aromatic rings. The molecule has 0 radical (unpaired) electrons. The highest BCUT2D eigenvalue weighted by Crippen LogP contribution is 2.03. The largest absolute Gasteiger partial charge is 0.362 e. The van der Waals surface area contributed by atoms with Gasteiger partial charge in [0.2, 0.25) is 0 Å². The number of rotatable bonds is 3. The Morgan fingerprint density at radius 1 is 1.78 bits per heavy atom. The van der Waals surface area contributed by atoms with E-state index in [1.165, 1.54) is 0 Å². The summed E-state index contributed by atoms with van der Waals surface area (Å²) < 4.78 is 5.30. The zero-order valence-corrected chi connectivity index (χ0v) is 5.60. The van der Waals surface area contributed by atoms with Crippen LogP contribution in [0.2, 0.25) is 0 Å². The molecule has 0 amide bonds. The van der Waals surface area contributed by atoms with Gasteiger partial charge in [-0.2, -0.15) is 0 Å². The van der Waals surface area contributed by atoms with Crippen LogP contribution in [0.1, 0.15) is 12.8 Å². The van der Waals surface area contributed by atoms with Crippen molar-refractivity contribution < 1.29 is 4.74 Å². The number of ether oxygens (including phenoxy) is 1. The first-order valence-electron chi connectivity index (χ1n) is 3.39. The maximum Gasteiger partial charge on any atom is 0.108 e. The summed E-state index contributed by atoms with van der Waals surface area (Å²) in [6.07, 6.45) is 4.31. The minimum Gasteiger partial charge on any atom is -0.362 e. The van der Waals surface area contributed by atoms with E-state index in [1.807, 2.05) is 6.08 Å². The van der Waals surface area contributed by atoms with Crippen LogP contribution in [0.25, 0.3) is 0 Å². The van der Waals surface area contributed by atoms with Crippen molar-refractivity contribution in [2.75, 3.05) is 13.2 Å². The fraction of sp³-hybridized carbons (Fsp3) is 0.714. The molecule has 2 heteroatoms. The molecule has 1 atom stereocenters. The summed E-state index contributed by atoms with van der Waals surface area (Å²) in [7, 11) is 0. The second-order valence-corrected chi connectivity index (χ2v) is 2.18. The quantitative estimate of drug-likeness (QED) is 0.569. The normalized spacial score (nSPS) is 26.4. The standard InChI is InChI=1S/C7H13NO/c1-2-3-4-7-8-5-6-9-7/h2,7-8H,1,3-6H2. The van der Waals surface area contributed by atoms with Gasteiger partial charge in [-0.25, -0.2) is 0 Å². The van der Waals surface area contributed by atoms with Gasteiger partial charge in [0, 0.05) is 6.54 Å². The molecule has 1 unspecified atom stereocenters. The third kappa shape index (κ3) is 2.16. The Labute approximate surface area is 55.9 Å². The fourth-order valence-electron chi connectivity index (χ4n) is 0.935. The first-order chi connectivity index (χ1) is 4.43. The molecule has 1 rings (SSSR count). The Hall–Kier alpha value is -0.340. The lowest BCUT2D eigenvalue weighted by Crippen LogP contribution is -2.21. The van der Waals surface area contributed by atoms with Gasteiger partial charge in [0.1, 0.15) is 6.23 Å². The number of hydrogen-bond acceptors (Lipinski definition) is 2. The van der Waals surface area contributed by atoms with Crippen molar-refractivity contribution in [3.8, 4) is 0 Å². The van der Waals surface area contributed by atoms with Crippen LogP contribution in [-0.4, -0.2) is 19.4 Å². The average molecular weight is 127 g/mol. The van der Waals surface area contributed by atoms with Crippen LogP contribution in [0, 0.1) is 0 Å². The Morgan fingerprint density at radius 3 is 3.22 bits per heavy atom. The Bertz CT molecular complexity index is 86.9. The van der Waals surface area contributed by atoms with Crippen molar-refractivity contribution in [2.45, 2.75) is 19.1 Å². The van der Waals surface area contributed by atoms with Gasteiger partial charge in [0.25, 0.3) is 0 Å². The molecule has 1 aliphatic heterocycles. The molecule has 1 fully saturated rings. The lowest BCUT2D eigenvalue weighted by atomic mass is 10.3. The second kappa shape index (κ2) is 3.64. The SMILES string of the molecule is C=CCCC1NCCO1. The second-order valence-electron chi connectivity index (χ2n) is 2.18. The molecule has 0 spiro atoms. The van der Waals surface area contributed by atoms with Gasteiger partial charge < -0.3 is 4.74 Å². The number of allylic oxidation sites excluding steroid dienone is 1. The Morgan fingerprint density at radius 2 is 2.67 bits per heavy atom. The fourth-order valence-corrected chi connectivity index (χ4v) is 0.935. The predicted octanol–water partition coefficient (Wildman–Crippen LogP) is 0.899. The van der Waals surface area contributed by atoms with Crippen molar-refractivity contribution in [1.82, 2.24) is 5.32 Å². The molecule has 2 nitrogen and oxygen atoms in total. The van der Waals surface area contributed by atoms with E-state index in [0.29, 0.717) is 6.23 Å². The van der Waals surface area contributed by atoms with Crippen molar-refractivity contribution in [3.05, 3.63) is 12.7 Å². The van der Waals surface area contributed by atoms with Crippen LogP contribution in [0.15, 0.2) is 12.7 Å². The van der Waals surface area contributed by atoms with E-state index in [4.69, 9.17) is 4.74 Å². The van der Waals surface area contributed by atoms with E-state index in [0.717, 1.165) is 26.0 Å². The Kier molecular flexibility index (Phi) is 2.74. The molecule has 9 heavy (non-hydrogen) atoms. The van der Waals surface area contributed by atoms with E-state index in [1.54, 1.807) is 0 Å². The molecule has 52 valence electrons. The zero-order chi connectivity index (χ0) is 6.53. The van der Waals surface area contributed by atoms with E-state index >= 15 is 0 Å². The van der Waals surface area contributed by atoms with Gasteiger partial charge in [-0.05, 0) is 12.8 Å². The molecule has 0 aromatic heterocycles. The lowest BCUT2D eigenvalue weighted by Gasteiger charge is -2.05. The summed E-state index contributed by atoms with van der Waals surface area (Å²) in [5, 5.41) is 3.22. The Balaban J connectivity index is 2.04. The topological polar surface area (TPSA) is 21.3 Å². The van der Waals surface area contributed by atoms with Gasteiger partial charge in [-0.3, -0.25) is 5.32 Å². The van der Waals surface area contributed by atoms with Crippen LogP contribution in [0.4, 0.5) is 0 Å². The molecular formula is C7H13NO. The van der Waals surface area contributed by atoms with E-state index in [9.17, 15) is 0 Å². The lowest BCUT2D eigenvalue weighted by molar-refractivity contribution is 0.0952. The average Bonchev–Trinajstić information content (AvgIpc) is 2.34. The summed E-state index contributed by atoms with van der Waals surface area (Å²) in [5.41, 5.74) is 0. The van der Waals surface area contributed by atoms with Crippen molar-refractivity contribution in [2.24, 2.45) is 0 Å². The third-order valence-electron chi connectivity index (χ3n) is 1.43. The molecular weight excluding hydrogens is 114 g/mol. The number of hydrogen-bond donors (Lipinski definition) is 1. The van der Waals surface area contributed by atoms with Crippen LogP contribution in [0.5, 0.6) is 0 Å². The molecule has 1 N–H and O–H groups in total. The smallest absolute Gasteiger partial charge is 0.108 e. The molecule has 1 aliphatic rings. The first-order valence-corrected chi connectivity index (χ1v) is 3.39. The highest BCUT2D eigenvalue weighted by atomic mass is 16.5. The molecule has 1 saturated heterocycles.